The van der Waals surface area contributed by atoms with Crippen LogP contribution in [0.5, 0.6) is 0 Å². The number of hydrogen-bond donors (Lipinski definition) is 1. The van der Waals surface area contributed by atoms with Crippen molar-refractivity contribution in [2.75, 3.05) is 16.4 Å². The minimum absolute atomic E-state index is 0.0223. The van der Waals surface area contributed by atoms with Crippen molar-refractivity contribution < 1.29 is 14.3 Å². The number of hydrogen-bond acceptors (Lipinski definition) is 7. The van der Waals surface area contributed by atoms with E-state index in [0.717, 1.165) is 25.0 Å². The second kappa shape index (κ2) is 7.06. The quantitative estimate of drug-likeness (QED) is 0.332. The Morgan fingerprint density at radius 2 is 2.04 bits per heavy atom. The van der Waals surface area contributed by atoms with Crippen LogP contribution in [0.3, 0.4) is 0 Å². The lowest BCUT2D eigenvalue weighted by Crippen LogP contribution is -2.51. The number of piperidine rings is 1. The van der Waals surface area contributed by atoms with E-state index in [-0.39, 0.29) is 40.9 Å². The standard InChI is InChI=1S/C18H25ClN4O3S/c1-4-5-6-7-27-17-21-14(19)11(20)15(22-17)23-10-8-9(16(23)24)12-13(10)26-18(2,3)25-12/h9-10,12-13H,4-8,20H2,1-3H3. The third-order valence-electron chi connectivity index (χ3n) is 5.39. The molecule has 2 N–H and O–H groups in total. The van der Waals surface area contributed by atoms with E-state index in [2.05, 4.69) is 16.9 Å². The third kappa shape index (κ3) is 3.30. The largest absolute Gasteiger partial charge is 0.393 e. The van der Waals surface area contributed by atoms with Crippen LogP contribution in [-0.4, -0.2) is 45.7 Å². The number of amides is 1. The number of carbonyl (C=O) groups is 1. The van der Waals surface area contributed by atoms with Crippen LogP contribution in [0.2, 0.25) is 5.15 Å². The summed E-state index contributed by atoms with van der Waals surface area (Å²) in [6.07, 6.45) is 3.71. The molecule has 3 fully saturated rings. The first-order chi connectivity index (χ1) is 12.8. The van der Waals surface area contributed by atoms with E-state index < -0.39 is 5.79 Å². The van der Waals surface area contributed by atoms with Crippen LogP contribution in [0.15, 0.2) is 5.16 Å². The number of carbonyl (C=O) groups excluding carboxylic acids is 1. The Kier molecular flexibility index (Phi) is 5.03. The molecule has 2 bridgehead atoms. The molecule has 3 heterocycles. The number of unbranched alkanes of at least 4 members (excludes halogenated alkanes) is 2. The molecule has 0 radical (unpaired) electrons. The zero-order chi connectivity index (χ0) is 19.3. The fraction of sp³-hybridized carbons (Fsp3) is 0.722. The molecule has 1 aromatic heterocycles. The van der Waals surface area contributed by atoms with Crippen LogP contribution < -0.4 is 10.6 Å². The SMILES string of the molecule is CCCCCSc1nc(Cl)c(N)c(N2C(=O)C3CC2C2OC(C)(C)OC32)n1. The lowest BCUT2D eigenvalue weighted by Gasteiger charge is -2.32. The molecule has 0 spiro atoms. The molecule has 2 saturated heterocycles. The number of anilines is 2. The first-order valence-corrected chi connectivity index (χ1v) is 10.8. The van der Waals surface area contributed by atoms with E-state index in [4.69, 9.17) is 26.8 Å². The van der Waals surface area contributed by atoms with Crippen LogP contribution in [0.4, 0.5) is 11.5 Å². The number of halogens is 1. The van der Waals surface area contributed by atoms with Crippen molar-refractivity contribution in [2.45, 2.75) is 75.6 Å². The maximum absolute atomic E-state index is 13.0. The zero-order valence-electron chi connectivity index (χ0n) is 15.8. The number of thioether (sulfide) groups is 1. The molecule has 2 aliphatic heterocycles. The van der Waals surface area contributed by atoms with Crippen molar-refractivity contribution in [3.8, 4) is 0 Å². The smallest absolute Gasteiger partial charge is 0.234 e. The number of fused-ring (bicyclic) bond motifs is 5. The number of nitrogen functional groups attached to an aromatic ring is 1. The highest BCUT2D eigenvalue weighted by Crippen LogP contribution is 2.51. The first kappa shape index (κ1) is 19.2. The van der Waals surface area contributed by atoms with Gasteiger partial charge in [0.1, 0.15) is 17.9 Å². The van der Waals surface area contributed by atoms with E-state index >= 15 is 0 Å². The molecule has 1 aromatic rings. The Balaban J connectivity index is 1.60. The van der Waals surface area contributed by atoms with Crippen molar-refractivity contribution in [1.82, 2.24) is 9.97 Å². The number of aromatic nitrogens is 2. The van der Waals surface area contributed by atoms with Gasteiger partial charge in [0.2, 0.25) is 5.91 Å². The van der Waals surface area contributed by atoms with Crippen LogP contribution >= 0.6 is 23.4 Å². The Hall–Kier alpha value is -1.09. The minimum atomic E-state index is -0.683. The fourth-order valence-electron chi connectivity index (χ4n) is 4.23. The van der Waals surface area contributed by atoms with E-state index in [1.165, 1.54) is 0 Å². The summed E-state index contributed by atoms with van der Waals surface area (Å²) >= 11 is 7.80. The Morgan fingerprint density at radius 3 is 2.78 bits per heavy atom. The molecule has 4 rings (SSSR count). The molecule has 3 aliphatic rings. The Labute approximate surface area is 168 Å². The second-order valence-electron chi connectivity index (χ2n) is 7.77. The number of ether oxygens (including phenoxy) is 2. The van der Waals surface area contributed by atoms with Gasteiger partial charge in [-0.05, 0) is 26.7 Å². The molecular formula is C18H25ClN4O3S. The van der Waals surface area contributed by atoms with E-state index in [1.54, 1.807) is 16.7 Å². The van der Waals surface area contributed by atoms with Gasteiger partial charge in [-0.1, -0.05) is 43.1 Å². The molecule has 1 saturated carbocycles. The van der Waals surface area contributed by atoms with Crippen LogP contribution in [-0.2, 0) is 14.3 Å². The van der Waals surface area contributed by atoms with Crippen molar-refractivity contribution in [2.24, 2.45) is 5.92 Å². The van der Waals surface area contributed by atoms with Gasteiger partial charge in [0, 0.05) is 5.75 Å². The highest BCUT2D eigenvalue weighted by molar-refractivity contribution is 7.99. The molecule has 9 heteroatoms. The summed E-state index contributed by atoms with van der Waals surface area (Å²) in [5.41, 5.74) is 6.40. The monoisotopic (exact) mass is 412 g/mol. The molecular weight excluding hydrogens is 388 g/mol. The second-order valence-corrected chi connectivity index (χ2v) is 9.19. The van der Waals surface area contributed by atoms with Crippen LogP contribution in [0, 0.1) is 5.92 Å². The molecule has 148 valence electrons. The third-order valence-corrected chi connectivity index (χ3v) is 6.61. The maximum Gasteiger partial charge on any atom is 0.234 e. The van der Waals surface area contributed by atoms with Crippen molar-refractivity contribution >= 4 is 40.8 Å². The highest BCUT2D eigenvalue weighted by atomic mass is 35.5. The van der Waals surface area contributed by atoms with Crippen LogP contribution in [0.1, 0.15) is 46.5 Å². The van der Waals surface area contributed by atoms with Gasteiger partial charge < -0.3 is 15.2 Å². The van der Waals surface area contributed by atoms with Crippen LogP contribution in [0.25, 0.3) is 0 Å². The summed E-state index contributed by atoms with van der Waals surface area (Å²) in [7, 11) is 0. The predicted molar refractivity (Wildman–Crippen MR) is 105 cm³/mol. The number of nitrogens with zero attached hydrogens (tertiary/aromatic N) is 3. The van der Waals surface area contributed by atoms with Gasteiger partial charge in [-0.15, -0.1) is 0 Å². The summed E-state index contributed by atoms with van der Waals surface area (Å²) in [5.74, 6) is 0.375. The molecule has 27 heavy (non-hydrogen) atoms. The van der Waals surface area contributed by atoms with E-state index in [0.29, 0.717) is 17.4 Å². The molecule has 1 amide bonds. The summed E-state index contributed by atoms with van der Waals surface area (Å²) in [5, 5.41) is 0.741. The summed E-state index contributed by atoms with van der Waals surface area (Å²) in [6.45, 7) is 5.91. The number of nitrogens with two attached hydrogens (primary N) is 1. The van der Waals surface area contributed by atoms with Gasteiger partial charge in [0.25, 0.3) is 0 Å². The van der Waals surface area contributed by atoms with Gasteiger partial charge in [0.05, 0.1) is 12.0 Å². The lowest BCUT2D eigenvalue weighted by molar-refractivity contribution is -0.155. The predicted octanol–water partition coefficient (Wildman–Crippen LogP) is 3.25. The molecule has 1 aliphatic carbocycles. The minimum Gasteiger partial charge on any atom is -0.393 e. The average molecular weight is 413 g/mol. The van der Waals surface area contributed by atoms with Gasteiger partial charge in [-0.2, -0.15) is 0 Å². The van der Waals surface area contributed by atoms with E-state index in [9.17, 15) is 4.79 Å². The highest BCUT2D eigenvalue weighted by Gasteiger charge is 2.64. The zero-order valence-corrected chi connectivity index (χ0v) is 17.3. The van der Waals surface area contributed by atoms with E-state index in [1.807, 2.05) is 13.8 Å². The van der Waals surface area contributed by atoms with Crippen molar-refractivity contribution in [3.63, 3.8) is 0 Å². The molecule has 4 atom stereocenters. The summed E-state index contributed by atoms with van der Waals surface area (Å²) in [4.78, 5) is 23.5. The van der Waals surface area contributed by atoms with Crippen molar-refractivity contribution in [3.05, 3.63) is 5.15 Å². The summed E-state index contributed by atoms with van der Waals surface area (Å²) in [6, 6.07) is -0.138. The van der Waals surface area contributed by atoms with Gasteiger partial charge in [0.15, 0.2) is 21.9 Å². The topological polar surface area (TPSA) is 90.6 Å². The molecule has 0 aromatic carbocycles. The maximum atomic E-state index is 13.0. The normalized spacial score (nSPS) is 31.0. The van der Waals surface area contributed by atoms with Gasteiger partial charge in [-0.3, -0.25) is 9.69 Å². The van der Waals surface area contributed by atoms with Crippen molar-refractivity contribution in [1.29, 1.82) is 0 Å². The lowest BCUT2D eigenvalue weighted by atomic mass is 10.0. The molecule has 7 nitrogen and oxygen atoms in total. The van der Waals surface area contributed by atoms with Gasteiger partial charge in [-0.25, -0.2) is 9.97 Å². The van der Waals surface area contributed by atoms with Gasteiger partial charge >= 0.3 is 0 Å². The first-order valence-electron chi connectivity index (χ1n) is 9.47. The fourth-order valence-corrected chi connectivity index (χ4v) is 5.28. The average Bonchev–Trinajstić information content (AvgIpc) is 3.21. The summed E-state index contributed by atoms with van der Waals surface area (Å²) < 4.78 is 12.0. The molecule has 4 unspecified atom stereocenters. The Morgan fingerprint density at radius 1 is 1.30 bits per heavy atom. The number of rotatable bonds is 6. The Bertz CT molecular complexity index is 762.